The van der Waals surface area contributed by atoms with Crippen molar-refractivity contribution >= 4 is 5.57 Å². The zero-order valence-electron chi connectivity index (χ0n) is 12.8. The molecule has 5 rings (SSSR count). The number of benzene rings is 2. The second-order valence-corrected chi connectivity index (χ2v) is 7.08. The van der Waals surface area contributed by atoms with Crippen molar-refractivity contribution in [2.75, 3.05) is 0 Å². The van der Waals surface area contributed by atoms with Gasteiger partial charge in [0.05, 0.1) is 0 Å². The van der Waals surface area contributed by atoms with Crippen LogP contribution in [0.4, 0.5) is 8.78 Å². The highest BCUT2D eigenvalue weighted by molar-refractivity contribution is 5.84. The lowest BCUT2D eigenvalue weighted by Gasteiger charge is -2.20. The van der Waals surface area contributed by atoms with Crippen LogP contribution in [0, 0.1) is 23.7 Å². The molecule has 3 aliphatic rings. The molecular formula is C21H18F2. The molecule has 0 aromatic heterocycles. The Morgan fingerprint density at radius 1 is 0.739 bits per heavy atom. The Hall–Kier alpha value is -1.96. The van der Waals surface area contributed by atoms with E-state index in [2.05, 4.69) is 24.3 Å². The minimum atomic E-state index is -2.41. The largest absolute Gasteiger partial charge is 0.255 e. The van der Waals surface area contributed by atoms with Crippen LogP contribution in [0.15, 0.2) is 66.2 Å². The normalized spacial score (nSPS) is 32.7. The number of alkyl halides is 2. The Morgan fingerprint density at radius 2 is 1.17 bits per heavy atom. The highest BCUT2D eigenvalue weighted by Gasteiger charge is 2.79. The first-order chi connectivity index (χ1) is 11.2. The van der Waals surface area contributed by atoms with Crippen molar-refractivity contribution in [3.05, 3.63) is 77.4 Å². The topological polar surface area (TPSA) is 0 Å². The summed E-state index contributed by atoms with van der Waals surface area (Å²) in [7, 11) is 0. The lowest BCUT2D eigenvalue weighted by molar-refractivity contribution is 0.0678. The van der Waals surface area contributed by atoms with E-state index in [1.165, 1.54) is 11.1 Å². The van der Waals surface area contributed by atoms with Gasteiger partial charge in [-0.15, -0.1) is 0 Å². The third-order valence-corrected chi connectivity index (χ3v) is 6.03. The second-order valence-electron chi connectivity index (χ2n) is 7.08. The number of fused-ring (bicyclic) bond motifs is 5. The van der Waals surface area contributed by atoms with E-state index in [9.17, 15) is 8.78 Å². The SMILES string of the molecule is FC1(F)[C@@H]2[C@H]1[C@H]1CC[C@@H]2C1=C(c1ccccc1)c1ccccc1. The van der Waals surface area contributed by atoms with E-state index in [1.54, 1.807) is 0 Å². The van der Waals surface area contributed by atoms with Crippen molar-refractivity contribution in [2.45, 2.75) is 18.8 Å². The minimum Gasteiger partial charge on any atom is -0.206 e. The molecule has 0 unspecified atom stereocenters. The molecule has 0 saturated heterocycles. The predicted octanol–water partition coefficient (Wildman–Crippen LogP) is 5.41. The Labute approximate surface area is 134 Å². The molecule has 23 heavy (non-hydrogen) atoms. The van der Waals surface area contributed by atoms with Crippen LogP contribution >= 0.6 is 0 Å². The maximum Gasteiger partial charge on any atom is 0.255 e. The third kappa shape index (κ3) is 1.75. The van der Waals surface area contributed by atoms with Gasteiger partial charge in [-0.1, -0.05) is 66.2 Å². The zero-order valence-corrected chi connectivity index (χ0v) is 12.8. The number of rotatable bonds is 2. The average molecular weight is 308 g/mol. The summed E-state index contributed by atoms with van der Waals surface area (Å²) in [5.41, 5.74) is 4.84. The van der Waals surface area contributed by atoms with Gasteiger partial charge in [0.25, 0.3) is 5.92 Å². The summed E-state index contributed by atoms with van der Waals surface area (Å²) in [5.74, 6) is -3.03. The average Bonchev–Trinajstić information content (AvgIpc) is 2.88. The van der Waals surface area contributed by atoms with Crippen LogP contribution in [0.25, 0.3) is 5.57 Å². The van der Waals surface area contributed by atoms with E-state index in [-0.39, 0.29) is 11.8 Å². The molecule has 2 aromatic carbocycles. The molecule has 2 heteroatoms. The molecule has 2 bridgehead atoms. The Kier molecular flexibility index (Phi) is 2.66. The molecular weight excluding hydrogens is 290 g/mol. The van der Waals surface area contributed by atoms with E-state index in [4.69, 9.17) is 0 Å². The van der Waals surface area contributed by atoms with Crippen molar-refractivity contribution in [3.8, 4) is 0 Å². The van der Waals surface area contributed by atoms with Crippen molar-refractivity contribution in [1.29, 1.82) is 0 Å². The summed E-state index contributed by atoms with van der Waals surface area (Å²) >= 11 is 0. The molecule has 4 atom stereocenters. The van der Waals surface area contributed by atoms with Crippen molar-refractivity contribution in [2.24, 2.45) is 23.7 Å². The van der Waals surface area contributed by atoms with Crippen LogP contribution in [-0.4, -0.2) is 5.92 Å². The number of hydrogen-bond acceptors (Lipinski definition) is 0. The van der Waals surface area contributed by atoms with E-state index in [0.29, 0.717) is 0 Å². The molecule has 0 nitrogen and oxygen atoms in total. The fraction of sp³-hybridized carbons (Fsp3) is 0.333. The van der Waals surface area contributed by atoms with Gasteiger partial charge in [-0.05, 0) is 41.4 Å². The van der Waals surface area contributed by atoms with Crippen molar-refractivity contribution < 1.29 is 8.78 Å². The zero-order chi connectivity index (χ0) is 15.6. The van der Waals surface area contributed by atoms with E-state index in [1.807, 2.05) is 36.4 Å². The lowest BCUT2D eigenvalue weighted by Crippen LogP contribution is -2.13. The first-order valence-corrected chi connectivity index (χ1v) is 8.42. The highest BCUT2D eigenvalue weighted by atomic mass is 19.3. The fourth-order valence-corrected chi connectivity index (χ4v) is 5.18. The summed E-state index contributed by atoms with van der Waals surface area (Å²) in [6, 6.07) is 20.6. The molecule has 0 N–H and O–H groups in total. The molecule has 3 aliphatic carbocycles. The summed E-state index contributed by atoms with van der Waals surface area (Å²) in [6.07, 6.45) is 1.86. The summed E-state index contributed by atoms with van der Waals surface area (Å²) in [5, 5.41) is 0. The van der Waals surface area contributed by atoms with Gasteiger partial charge in [-0.3, -0.25) is 0 Å². The van der Waals surface area contributed by atoms with E-state index in [0.717, 1.165) is 24.0 Å². The third-order valence-electron chi connectivity index (χ3n) is 6.03. The Morgan fingerprint density at radius 3 is 1.61 bits per heavy atom. The molecule has 0 radical (unpaired) electrons. The molecule has 2 aromatic rings. The maximum absolute atomic E-state index is 14.0. The molecule has 0 aliphatic heterocycles. The van der Waals surface area contributed by atoms with Gasteiger partial charge in [0.2, 0.25) is 0 Å². The maximum atomic E-state index is 14.0. The summed E-state index contributed by atoms with van der Waals surface area (Å²) < 4.78 is 28.0. The first-order valence-electron chi connectivity index (χ1n) is 8.42. The monoisotopic (exact) mass is 308 g/mol. The molecule has 116 valence electrons. The van der Waals surface area contributed by atoms with Crippen LogP contribution in [0.1, 0.15) is 24.0 Å². The second kappa shape index (κ2) is 4.53. The molecule has 0 heterocycles. The van der Waals surface area contributed by atoms with Gasteiger partial charge < -0.3 is 0 Å². The Bertz CT molecular complexity index is 713. The van der Waals surface area contributed by atoms with Gasteiger partial charge in [0, 0.05) is 11.8 Å². The molecule has 3 fully saturated rings. The van der Waals surface area contributed by atoms with Gasteiger partial charge >= 0.3 is 0 Å². The number of allylic oxidation sites excluding steroid dienone is 1. The number of hydrogen-bond donors (Lipinski definition) is 0. The van der Waals surface area contributed by atoms with Crippen LogP contribution in [0.5, 0.6) is 0 Å². The summed E-state index contributed by atoms with van der Waals surface area (Å²) in [6.45, 7) is 0. The smallest absolute Gasteiger partial charge is 0.206 e. The van der Waals surface area contributed by atoms with Gasteiger partial charge in [-0.2, -0.15) is 0 Å². The van der Waals surface area contributed by atoms with Gasteiger partial charge in [0.15, 0.2) is 0 Å². The highest BCUT2D eigenvalue weighted by Crippen LogP contribution is 2.76. The van der Waals surface area contributed by atoms with Gasteiger partial charge in [0.1, 0.15) is 0 Å². The Balaban J connectivity index is 1.71. The number of halogens is 2. The quantitative estimate of drug-likeness (QED) is 0.696. The summed E-state index contributed by atoms with van der Waals surface area (Å²) in [4.78, 5) is 0. The predicted molar refractivity (Wildman–Crippen MR) is 87.0 cm³/mol. The van der Waals surface area contributed by atoms with Crippen molar-refractivity contribution in [3.63, 3.8) is 0 Å². The molecule has 0 spiro atoms. The standard InChI is InChI=1S/C21H18F2/c22-21(23)19-15-11-12-16(20(19)21)18(15)17(13-7-3-1-4-8-13)14-9-5-2-6-10-14/h1-10,15-16,19-20H,11-12H2/t15-,16+,19+,20-. The van der Waals surface area contributed by atoms with Crippen LogP contribution in [0.2, 0.25) is 0 Å². The van der Waals surface area contributed by atoms with E-state index >= 15 is 0 Å². The lowest BCUT2D eigenvalue weighted by atomic mass is 9.85. The van der Waals surface area contributed by atoms with Crippen molar-refractivity contribution in [1.82, 2.24) is 0 Å². The fourth-order valence-electron chi connectivity index (χ4n) is 5.18. The first kappa shape index (κ1) is 13.5. The molecule has 0 amide bonds. The van der Waals surface area contributed by atoms with Crippen LogP contribution in [0.3, 0.4) is 0 Å². The van der Waals surface area contributed by atoms with Gasteiger partial charge in [-0.25, -0.2) is 8.78 Å². The molecule has 3 saturated carbocycles. The van der Waals surface area contributed by atoms with E-state index < -0.39 is 17.8 Å². The van der Waals surface area contributed by atoms with Crippen LogP contribution in [-0.2, 0) is 0 Å². The minimum absolute atomic E-state index is 0.0791. The van der Waals surface area contributed by atoms with Crippen LogP contribution < -0.4 is 0 Å².